The van der Waals surface area contributed by atoms with Gasteiger partial charge in [0, 0.05) is 25.7 Å². The molecule has 2 fully saturated rings. The molecule has 2 rings (SSSR count). The first-order valence-electron chi connectivity index (χ1n) is 7.35. The summed E-state index contributed by atoms with van der Waals surface area (Å²) in [6.45, 7) is 5.90. The van der Waals surface area contributed by atoms with Crippen molar-refractivity contribution in [3.63, 3.8) is 0 Å². The standard InChI is InChI=1S/C14H28N2O/c1-3-9-15-12-6-5-10-16(11-12)13-7-4-8-14(13)17-2/h12-15H,3-11H2,1-2H3. The molecule has 1 saturated heterocycles. The lowest BCUT2D eigenvalue weighted by Gasteiger charge is -2.39. The average Bonchev–Trinajstić information content (AvgIpc) is 2.85. The normalized spacial score (nSPS) is 35.3. The van der Waals surface area contributed by atoms with Crippen LogP contribution in [-0.4, -0.2) is 49.8 Å². The first-order valence-corrected chi connectivity index (χ1v) is 7.35. The van der Waals surface area contributed by atoms with Crippen LogP contribution in [0.25, 0.3) is 0 Å². The van der Waals surface area contributed by atoms with Gasteiger partial charge in [-0.1, -0.05) is 6.92 Å². The Labute approximate surface area is 106 Å². The molecular formula is C14H28N2O. The third-order valence-corrected chi connectivity index (χ3v) is 4.33. The van der Waals surface area contributed by atoms with Crippen molar-refractivity contribution < 1.29 is 4.74 Å². The molecule has 17 heavy (non-hydrogen) atoms. The number of ether oxygens (including phenoxy) is 1. The molecule has 3 nitrogen and oxygen atoms in total. The van der Waals surface area contributed by atoms with Gasteiger partial charge in [0.15, 0.2) is 0 Å². The van der Waals surface area contributed by atoms with Crippen molar-refractivity contribution in [3.8, 4) is 0 Å². The maximum absolute atomic E-state index is 5.63. The third kappa shape index (κ3) is 3.43. The molecule has 1 aliphatic carbocycles. The molecule has 0 aromatic heterocycles. The SMILES string of the molecule is CCCNC1CCCN(C2CCCC2OC)C1. The minimum Gasteiger partial charge on any atom is -0.380 e. The predicted molar refractivity (Wildman–Crippen MR) is 71.3 cm³/mol. The molecule has 0 spiro atoms. The van der Waals surface area contributed by atoms with Crippen LogP contribution in [0.4, 0.5) is 0 Å². The Bertz CT molecular complexity index is 222. The summed E-state index contributed by atoms with van der Waals surface area (Å²) >= 11 is 0. The molecule has 3 unspecified atom stereocenters. The lowest BCUT2D eigenvalue weighted by molar-refractivity contribution is 0.0195. The number of rotatable bonds is 5. The maximum Gasteiger partial charge on any atom is 0.0726 e. The van der Waals surface area contributed by atoms with Gasteiger partial charge < -0.3 is 10.1 Å². The number of nitrogens with one attached hydrogen (secondary N) is 1. The molecule has 0 radical (unpaired) electrons. The highest BCUT2D eigenvalue weighted by Crippen LogP contribution is 2.28. The van der Waals surface area contributed by atoms with Crippen molar-refractivity contribution in [1.29, 1.82) is 0 Å². The number of likely N-dealkylation sites (tertiary alicyclic amines) is 1. The number of hydrogen-bond donors (Lipinski definition) is 1. The molecule has 3 heteroatoms. The monoisotopic (exact) mass is 240 g/mol. The summed E-state index contributed by atoms with van der Waals surface area (Å²) in [7, 11) is 1.87. The number of methoxy groups -OCH3 is 1. The Balaban J connectivity index is 1.83. The van der Waals surface area contributed by atoms with Crippen LogP contribution in [-0.2, 0) is 4.74 Å². The van der Waals surface area contributed by atoms with Crippen molar-refractivity contribution in [2.24, 2.45) is 0 Å². The number of piperidine rings is 1. The van der Waals surface area contributed by atoms with Gasteiger partial charge in [-0.3, -0.25) is 4.90 Å². The van der Waals surface area contributed by atoms with Crippen molar-refractivity contribution in [3.05, 3.63) is 0 Å². The molecule has 0 amide bonds. The molecule has 0 aromatic rings. The van der Waals surface area contributed by atoms with Gasteiger partial charge in [0.05, 0.1) is 6.10 Å². The molecule has 1 N–H and O–H groups in total. The summed E-state index contributed by atoms with van der Waals surface area (Å²) in [5, 5.41) is 3.68. The summed E-state index contributed by atoms with van der Waals surface area (Å²) in [6.07, 6.45) is 8.34. The van der Waals surface area contributed by atoms with Gasteiger partial charge >= 0.3 is 0 Å². The van der Waals surface area contributed by atoms with Crippen molar-refractivity contribution in [2.75, 3.05) is 26.7 Å². The van der Waals surface area contributed by atoms with Gasteiger partial charge in [-0.15, -0.1) is 0 Å². The summed E-state index contributed by atoms with van der Waals surface area (Å²) in [6, 6.07) is 1.40. The summed E-state index contributed by atoms with van der Waals surface area (Å²) in [5.74, 6) is 0. The zero-order valence-electron chi connectivity index (χ0n) is 11.5. The van der Waals surface area contributed by atoms with E-state index in [1.165, 1.54) is 51.6 Å². The highest BCUT2D eigenvalue weighted by molar-refractivity contribution is 4.90. The fourth-order valence-electron chi connectivity index (χ4n) is 3.42. The molecule has 1 saturated carbocycles. The zero-order valence-corrected chi connectivity index (χ0v) is 11.5. The molecular weight excluding hydrogens is 212 g/mol. The third-order valence-electron chi connectivity index (χ3n) is 4.33. The van der Waals surface area contributed by atoms with Crippen LogP contribution in [0, 0.1) is 0 Å². The van der Waals surface area contributed by atoms with Crippen molar-refractivity contribution >= 4 is 0 Å². The lowest BCUT2D eigenvalue weighted by atomic mass is 10.0. The Kier molecular flexibility index (Phi) is 5.26. The van der Waals surface area contributed by atoms with E-state index in [1.807, 2.05) is 7.11 Å². The lowest BCUT2D eigenvalue weighted by Crippen LogP contribution is -2.52. The molecule has 1 heterocycles. The number of nitrogens with zero attached hydrogens (tertiary/aromatic N) is 1. The second-order valence-corrected chi connectivity index (χ2v) is 5.56. The van der Waals surface area contributed by atoms with E-state index in [1.54, 1.807) is 0 Å². The molecule has 0 aromatic carbocycles. The van der Waals surface area contributed by atoms with Crippen LogP contribution >= 0.6 is 0 Å². The van der Waals surface area contributed by atoms with Gasteiger partial charge in [-0.2, -0.15) is 0 Å². The minimum atomic E-state index is 0.486. The van der Waals surface area contributed by atoms with Crippen LogP contribution in [0.3, 0.4) is 0 Å². The van der Waals surface area contributed by atoms with Crippen LogP contribution in [0.2, 0.25) is 0 Å². The fraction of sp³-hybridized carbons (Fsp3) is 1.00. The first kappa shape index (κ1) is 13.3. The van der Waals surface area contributed by atoms with Gasteiger partial charge in [0.2, 0.25) is 0 Å². The van der Waals surface area contributed by atoms with E-state index in [9.17, 15) is 0 Å². The fourth-order valence-corrected chi connectivity index (χ4v) is 3.42. The average molecular weight is 240 g/mol. The smallest absolute Gasteiger partial charge is 0.0726 e. The van der Waals surface area contributed by atoms with Gasteiger partial charge in [-0.05, 0) is 51.6 Å². The quantitative estimate of drug-likeness (QED) is 0.795. The zero-order chi connectivity index (χ0) is 12.1. The first-order chi connectivity index (χ1) is 8.35. The van der Waals surface area contributed by atoms with E-state index < -0.39 is 0 Å². The van der Waals surface area contributed by atoms with E-state index in [-0.39, 0.29) is 0 Å². The molecule has 2 aliphatic rings. The van der Waals surface area contributed by atoms with Gasteiger partial charge in [0.1, 0.15) is 0 Å². The van der Waals surface area contributed by atoms with Gasteiger partial charge in [0.25, 0.3) is 0 Å². The number of hydrogen-bond acceptors (Lipinski definition) is 3. The van der Waals surface area contributed by atoms with E-state index in [0.29, 0.717) is 18.2 Å². The van der Waals surface area contributed by atoms with Crippen LogP contribution in [0.15, 0.2) is 0 Å². The van der Waals surface area contributed by atoms with Crippen molar-refractivity contribution in [1.82, 2.24) is 10.2 Å². The highest BCUT2D eigenvalue weighted by Gasteiger charge is 2.34. The van der Waals surface area contributed by atoms with Crippen molar-refractivity contribution in [2.45, 2.75) is 63.6 Å². The summed E-state index contributed by atoms with van der Waals surface area (Å²) < 4.78 is 5.63. The van der Waals surface area contributed by atoms with Gasteiger partial charge in [-0.25, -0.2) is 0 Å². The Morgan fingerprint density at radius 3 is 2.88 bits per heavy atom. The van der Waals surface area contributed by atoms with Crippen LogP contribution in [0.5, 0.6) is 0 Å². The van der Waals surface area contributed by atoms with E-state index in [0.717, 1.165) is 6.54 Å². The molecule has 1 aliphatic heterocycles. The van der Waals surface area contributed by atoms with Crippen LogP contribution in [0.1, 0.15) is 45.4 Å². The molecule has 100 valence electrons. The summed E-state index contributed by atoms with van der Waals surface area (Å²) in [4.78, 5) is 2.68. The van der Waals surface area contributed by atoms with E-state index in [4.69, 9.17) is 4.74 Å². The largest absolute Gasteiger partial charge is 0.380 e. The maximum atomic E-state index is 5.63. The Hall–Kier alpha value is -0.120. The van der Waals surface area contributed by atoms with E-state index >= 15 is 0 Å². The second-order valence-electron chi connectivity index (χ2n) is 5.56. The molecule has 3 atom stereocenters. The Morgan fingerprint density at radius 2 is 2.12 bits per heavy atom. The second kappa shape index (κ2) is 6.72. The summed E-state index contributed by atoms with van der Waals surface area (Å²) in [5.41, 5.74) is 0. The highest BCUT2D eigenvalue weighted by atomic mass is 16.5. The van der Waals surface area contributed by atoms with E-state index in [2.05, 4.69) is 17.1 Å². The topological polar surface area (TPSA) is 24.5 Å². The Morgan fingerprint density at radius 1 is 1.24 bits per heavy atom. The molecule has 0 bridgehead atoms. The minimum absolute atomic E-state index is 0.486. The predicted octanol–water partition coefficient (Wildman–Crippen LogP) is 2.02. The van der Waals surface area contributed by atoms with Crippen LogP contribution < -0.4 is 5.32 Å².